The number of carbonyl (C=O) groups is 2. The van der Waals surface area contributed by atoms with Crippen LogP contribution in [0.2, 0.25) is 0 Å². The minimum absolute atomic E-state index is 0.0408. The third-order valence-corrected chi connectivity index (χ3v) is 6.53. The molecule has 0 atom stereocenters. The zero-order valence-electron chi connectivity index (χ0n) is 20.4. The Morgan fingerprint density at radius 1 is 0.886 bits per heavy atom. The standard InChI is InChI=1S/C29H34N4O2/c1-22-14-15-26(28(34)30-18-8-13-23-9-4-2-5-10-23)27(32-22)25-16-19-33(20-17-25)29(35)31-21-24-11-6-3-7-12-24/h2-7,9-12,14-15,25H,8,13,16-21H2,1H3,(H,30,34)(H,31,35). The highest BCUT2D eigenvalue weighted by Crippen LogP contribution is 2.29. The molecular formula is C29H34N4O2. The summed E-state index contributed by atoms with van der Waals surface area (Å²) in [6, 6.07) is 24.0. The number of hydrogen-bond acceptors (Lipinski definition) is 3. The Morgan fingerprint density at radius 2 is 1.54 bits per heavy atom. The van der Waals surface area contributed by atoms with E-state index in [1.807, 2.05) is 72.5 Å². The minimum Gasteiger partial charge on any atom is -0.352 e. The zero-order chi connectivity index (χ0) is 24.5. The van der Waals surface area contributed by atoms with Crippen molar-refractivity contribution in [2.75, 3.05) is 19.6 Å². The van der Waals surface area contributed by atoms with Crippen molar-refractivity contribution in [3.05, 3.63) is 101 Å². The van der Waals surface area contributed by atoms with Crippen molar-refractivity contribution in [2.45, 2.75) is 45.1 Å². The smallest absolute Gasteiger partial charge is 0.317 e. The number of nitrogens with one attached hydrogen (secondary N) is 2. The summed E-state index contributed by atoms with van der Waals surface area (Å²) in [6.45, 7) is 4.41. The zero-order valence-corrected chi connectivity index (χ0v) is 20.4. The largest absolute Gasteiger partial charge is 0.352 e. The molecule has 0 saturated carbocycles. The molecule has 0 bridgehead atoms. The van der Waals surface area contributed by atoms with Gasteiger partial charge in [-0.3, -0.25) is 9.78 Å². The molecule has 0 unspecified atom stereocenters. The van der Waals surface area contributed by atoms with Gasteiger partial charge in [-0.25, -0.2) is 4.79 Å². The predicted molar refractivity (Wildman–Crippen MR) is 138 cm³/mol. The molecule has 2 heterocycles. The lowest BCUT2D eigenvalue weighted by atomic mass is 9.90. The van der Waals surface area contributed by atoms with Gasteiger partial charge in [-0.15, -0.1) is 0 Å². The normalized spacial score (nSPS) is 13.9. The number of carbonyl (C=O) groups excluding carboxylic acids is 2. The Balaban J connectivity index is 1.29. The van der Waals surface area contributed by atoms with Crippen molar-refractivity contribution >= 4 is 11.9 Å². The third kappa shape index (κ3) is 6.92. The third-order valence-electron chi connectivity index (χ3n) is 6.53. The molecule has 1 aliphatic rings. The van der Waals surface area contributed by atoms with E-state index in [1.54, 1.807) is 0 Å². The van der Waals surface area contributed by atoms with Gasteiger partial charge in [0, 0.05) is 37.8 Å². The summed E-state index contributed by atoms with van der Waals surface area (Å²) in [6.07, 6.45) is 3.42. The van der Waals surface area contributed by atoms with Gasteiger partial charge in [-0.1, -0.05) is 60.7 Å². The molecule has 182 valence electrons. The summed E-state index contributed by atoms with van der Waals surface area (Å²) in [5, 5.41) is 6.08. The number of rotatable bonds is 8. The highest BCUT2D eigenvalue weighted by Gasteiger charge is 2.27. The van der Waals surface area contributed by atoms with Crippen LogP contribution in [0.1, 0.15) is 58.1 Å². The predicted octanol–water partition coefficient (Wildman–Crippen LogP) is 4.84. The first-order valence-electron chi connectivity index (χ1n) is 12.5. The Bertz CT molecular complexity index is 1110. The number of aryl methyl sites for hydroxylation is 2. The molecule has 0 spiro atoms. The number of likely N-dealkylation sites (tertiary alicyclic amines) is 1. The maximum Gasteiger partial charge on any atom is 0.317 e. The molecule has 6 heteroatoms. The fourth-order valence-corrected chi connectivity index (χ4v) is 4.56. The van der Waals surface area contributed by atoms with Crippen LogP contribution in [0.15, 0.2) is 72.8 Å². The molecule has 4 rings (SSSR count). The minimum atomic E-state index is -0.0661. The van der Waals surface area contributed by atoms with E-state index < -0.39 is 0 Å². The molecule has 0 radical (unpaired) electrons. The number of pyridine rings is 1. The Hall–Kier alpha value is -3.67. The Morgan fingerprint density at radius 3 is 2.23 bits per heavy atom. The maximum atomic E-state index is 13.0. The van der Waals surface area contributed by atoms with Gasteiger partial charge >= 0.3 is 6.03 Å². The summed E-state index contributed by atoms with van der Waals surface area (Å²) in [7, 11) is 0. The van der Waals surface area contributed by atoms with E-state index in [0.717, 1.165) is 42.6 Å². The molecule has 3 aromatic rings. The fraction of sp³-hybridized carbons (Fsp3) is 0.345. The van der Waals surface area contributed by atoms with Crippen LogP contribution in [-0.2, 0) is 13.0 Å². The topological polar surface area (TPSA) is 74.3 Å². The summed E-state index contributed by atoms with van der Waals surface area (Å²) in [5.74, 6) is 0.0988. The first kappa shape index (κ1) is 24.5. The second-order valence-electron chi connectivity index (χ2n) is 9.14. The molecule has 1 aliphatic heterocycles. The first-order valence-corrected chi connectivity index (χ1v) is 12.5. The van der Waals surface area contributed by atoms with Gasteiger partial charge in [0.15, 0.2) is 0 Å². The second kappa shape index (κ2) is 12.2. The molecule has 6 nitrogen and oxygen atoms in total. The van der Waals surface area contributed by atoms with Gasteiger partial charge < -0.3 is 15.5 Å². The van der Waals surface area contributed by atoms with Crippen LogP contribution in [0, 0.1) is 6.92 Å². The first-order chi connectivity index (χ1) is 17.1. The number of amides is 3. The molecule has 1 aromatic heterocycles. The second-order valence-corrected chi connectivity index (χ2v) is 9.14. The summed E-state index contributed by atoms with van der Waals surface area (Å²) in [5.41, 5.74) is 4.78. The Labute approximate surface area is 207 Å². The number of aromatic nitrogens is 1. The van der Waals surface area contributed by atoms with Crippen LogP contribution in [0.25, 0.3) is 0 Å². The highest BCUT2D eigenvalue weighted by atomic mass is 16.2. The number of piperidine rings is 1. The maximum absolute atomic E-state index is 13.0. The monoisotopic (exact) mass is 470 g/mol. The van der Waals surface area contributed by atoms with Crippen LogP contribution in [0.4, 0.5) is 4.79 Å². The molecule has 35 heavy (non-hydrogen) atoms. The van der Waals surface area contributed by atoms with Crippen LogP contribution in [-0.4, -0.2) is 41.5 Å². The van der Waals surface area contributed by atoms with Gasteiger partial charge in [0.25, 0.3) is 5.91 Å². The van der Waals surface area contributed by atoms with E-state index in [9.17, 15) is 9.59 Å². The van der Waals surface area contributed by atoms with E-state index in [0.29, 0.717) is 31.7 Å². The molecular weight excluding hydrogens is 436 g/mol. The van der Waals surface area contributed by atoms with E-state index >= 15 is 0 Å². The van der Waals surface area contributed by atoms with Gasteiger partial charge in [0.05, 0.1) is 11.3 Å². The summed E-state index contributed by atoms with van der Waals surface area (Å²) < 4.78 is 0. The van der Waals surface area contributed by atoms with Gasteiger partial charge in [0.1, 0.15) is 0 Å². The summed E-state index contributed by atoms with van der Waals surface area (Å²) >= 11 is 0. The van der Waals surface area contributed by atoms with Crippen molar-refractivity contribution < 1.29 is 9.59 Å². The van der Waals surface area contributed by atoms with Gasteiger partial charge in [0.2, 0.25) is 0 Å². The number of benzene rings is 2. The SMILES string of the molecule is Cc1ccc(C(=O)NCCCc2ccccc2)c(C2CCN(C(=O)NCc3ccccc3)CC2)n1. The van der Waals surface area contributed by atoms with Crippen molar-refractivity contribution in [1.29, 1.82) is 0 Å². The van der Waals surface area contributed by atoms with E-state index in [-0.39, 0.29) is 17.9 Å². The van der Waals surface area contributed by atoms with Gasteiger partial charge in [-0.05, 0) is 55.9 Å². The average Bonchev–Trinajstić information content (AvgIpc) is 2.91. The van der Waals surface area contributed by atoms with Crippen LogP contribution >= 0.6 is 0 Å². The lowest BCUT2D eigenvalue weighted by Crippen LogP contribution is -2.44. The van der Waals surface area contributed by atoms with Crippen molar-refractivity contribution in [2.24, 2.45) is 0 Å². The molecule has 1 saturated heterocycles. The summed E-state index contributed by atoms with van der Waals surface area (Å²) in [4.78, 5) is 32.2. The molecule has 3 amide bonds. The average molecular weight is 471 g/mol. The lowest BCUT2D eigenvalue weighted by molar-refractivity contribution is 0.0950. The van der Waals surface area contributed by atoms with Gasteiger partial charge in [-0.2, -0.15) is 0 Å². The lowest BCUT2D eigenvalue weighted by Gasteiger charge is -2.32. The van der Waals surface area contributed by atoms with E-state index in [2.05, 4.69) is 22.8 Å². The van der Waals surface area contributed by atoms with Crippen LogP contribution < -0.4 is 10.6 Å². The van der Waals surface area contributed by atoms with E-state index in [1.165, 1.54) is 5.56 Å². The number of urea groups is 1. The fourth-order valence-electron chi connectivity index (χ4n) is 4.56. The molecule has 1 fully saturated rings. The highest BCUT2D eigenvalue weighted by molar-refractivity contribution is 5.95. The van der Waals surface area contributed by atoms with Crippen molar-refractivity contribution in [3.63, 3.8) is 0 Å². The number of hydrogen-bond donors (Lipinski definition) is 2. The van der Waals surface area contributed by atoms with Crippen LogP contribution in [0.5, 0.6) is 0 Å². The van der Waals surface area contributed by atoms with Crippen molar-refractivity contribution in [3.8, 4) is 0 Å². The Kier molecular flexibility index (Phi) is 8.49. The molecule has 0 aliphatic carbocycles. The number of nitrogens with zero attached hydrogens (tertiary/aromatic N) is 2. The van der Waals surface area contributed by atoms with Crippen LogP contribution in [0.3, 0.4) is 0 Å². The molecule has 2 aromatic carbocycles. The van der Waals surface area contributed by atoms with Crippen molar-refractivity contribution in [1.82, 2.24) is 20.5 Å². The quantitative estimate of drug-likeness (QED) is 0.463. The molecule has 2 N–H and O–H groups in total. The van der Waals surface area contributed by atoms with E-state index in [4.69, 9.17) is 4.98 Å².